The van der Waals surface area contributed by atoms with Gasteiger partial charge in [-0.1, -0.05) is 11.8 Å². The average molecular weight is 284 g/mol. The fourth-order valence-electron chi connectivity index (χ4n) is 1.89. The van der Waals surface area contributed by atoms with Gasteiger partial charge in [-0.15, -0.1) is 0 Å². The zero-order chi connectivity index (χ0) is 15.1. The number of aliphatic hydroxyl groups is 1. The normalized spacial score (nSPS) is 10.0. The first-order valence-corrected chi connectivity index (χ1v) is 7.01. The molecule has 0 fully saturated rings. The summed E-state index contributed by atoms with van der Waals surface area (Å²) in [4.78, 5) is 4.26. The second kappa shape index (κ2) is 7.51. The first-order valence-electron chi connectivity index (χ1n) is 7.01. The van der Waals surface area contributed by atoms with Crippen molar-refractivity contribution in [3.63, 3.8) is 0 Å². The van der Waals surface area contributed by atoms with Crippen LogP contribution in [-0.2, 0) is 6.54 Å². The van der Waals surface area contributed by atoms with Gasteiger partial charge in [-0.25, -0.2) is 4.98 Å². The van der Waals surface area contributed by atoms with Crippen molar-refractivity contribution in [2.75, 3.05) is 13.2 Å². The maximum absolute atomic E-state index is 8.67. The number of nitrogens with zero attached hydrogens (tertiary/aromatic N) is 2. The van der Waals surface area contributed by atoms with E-state index in [1.807, 2.05) is 37.5 Å². The molecule has 0 radical (unpaired) electrons. The molecule has 0 saturated carbocycles. The summed E-state index contributed by atoms with van der Waals surface area (Å²) < 4.78 is 7.81. The lowest BCUT2D eigenvalue weighted by Gasteiger charge is -2.08. The van der Waals surface area contributed by atoms with E-state index in [0.717, 1.165) is 23.6 Å². The molecule has 0 bridgehead atoms. The highest BCUT2D eigenvalue weighted by Gasteiger charge is 2.01. The number of aromatic nitrogens is 2. The molecule has 0 spiro atoms. The molecule has 0 unspecified atom stereocenters. The molecule has 0 saturated heterocycles. The molecule has 1 heterocycles. The minimum atomic E-state index is 0.0985. The van der Waals surface area contributed by atoms with E-state index in [1.54, 1.807) is 0 Å². The predicted molar refractivity (Wildman–Crippen MR) is 82.2 cm³/mol. The summed E-state index contributed by atoms with van der Waals surface area (Å²) in [5.41, 5.74) is 3.16. The molecule has 2 aromatic rings. The highest BCUT2D eigenvalue weighted by molar-refractivity contribution is 5.38. The molecular formula is C17H20N2O2. The molecule has 0 amide bonds. The predicted octanol–water partition coefficient (Wildman–Crippen LogP) is 2.31. The summed E-state index contributed by atoms with van der Waals surface area (Å²) in [7, 11) is 0. The van der Waals surface area contributed by atoms with Gasteiger partial charge in [0.05, 0.1) is 25.2 Å². The Morgan fingerprint density at radius 1 is 1.24 bits per heavy atom. The fourth-order valence-corrected chi connectivity index (χ4v) is 1.89. The second-order valence-electron chi connectivity index (χ2n) is 4.76. The van der Waals surface area contributed by atoms with E-state index >= 15 is 0 Å². The van der Waals surface area contributed by atoms with Crippen LogP contribution >= 0.6 is 0 Å². The Balaban J connectivity index is 1.84. The topological polar surface area (TPSA) is 47.3 Å². The van der Waals surface area contributed by atoms with Gasteiger partial charge < -0.3 is 14.4 Å². The van der Waals surface area contributed by atoms with Crippen molar-refractivity contribution in [2.24, 2.45) is 0 Å². The molecule has 1 N–H and O–H groups in total. The van der Waals surface area contributed by atoms with E-state index in [2.05, 4.69) is 28.3 Å². The molecular weight excluding hydrogens is 264 g/mol. The smallest absolute Gasteiger partial charge is 0.119 e. The van der Waals surface area contributed by atoms with Crippen LogP contribution in [0, 0.1) is 25.7 Å². The molecule has 0 aliphatic carbocycles. The van der Waals surface area contributed by atoms with Gasteiger partial charge in [-0.2, -0.15) is 0 Å². The molecule has 0 aliphatic rings. The summed E-state index contributed by atoms with van der Waals surface area (Å²) >= 11 is 0. The Morgan fingerprint density at radius 2 is 2.00 bits per heavy atom. The summed E-state index contributed by atoms with van der Waals surface area (Å²) in [5, 5.41) is 8.67. The number of aliphatic hydroxyl groups excluding tert-OH is 1. The lowest BCUT2D eigenvalue weighted by Crippen LogP contribution is -2.08. The Morgan fingerprint density at radius 3 is 2.62 bits per heavy atom. The van der Waals surface area contributed by atoms with E-state index < -0.39 is 0 Å². The Hall–Kier alpha value is -2.25. The third-order valence-corrected chi connectivity index (χ3v) is 3.27. The monoisotopic (exact) mass is 284 g/mol. The van der Waals surface area contributed by atoms with Crippen molar-refractivity contribution < 1.29 is 9.84 Å². The zero-order valence-electron chi connectivity index (χ0n) is 12.5. The number of rotatable bonds is 5. The SMILES string of the molecule is Cc1ncn(CCOc2ccc(C#CCCO)cc2)c1C. The first kappa shape index (κ1) is 15.1. The van der Waals surface area contributed by atoms with E-state index in [-0.39, 0.29) is 6.61 Å². The lowest BCUT2D eigenvalue weighted by atomic mass is 10.2. The van der Waals surface area contributed by atoms with Crippen molar-refractivity contribution in [2.45, 2.75) is 26.8 Å². The van der Waals surface area contributed by atoms with E-state index in [0.29, 0.717) is 13.0 Å². The van der Waals surface area contributed by atoms with Gasteiger partial charge in [0.25, 0.3) is 0 Å². The third-order valence-electron chi connectivity index (χ3n) is 3.27. The number of benzene rings is 1. The van der Waals surface area contributed by atoms with E-state index in [1.165, 1.54) is 5.69 Å². The van der Waals surface area contributed by atoms with Crippen LogP contribution in [0.1, 0.15) is 23.4 Å². The molecule has 1 aromatic carbocycles. The summed E-state index contributed by atoms with van der Waals surface area (Å²) in [6.07, 6.45) is 2.34. The number of imidazole rings is 1. The molecule has 4 heteroatoms. The van der Waals surface area contributed by atoms with Gasteiger partial charge in [-0.05, 0) is 38.1 Å². The maximum Gasteiger partial charge on any atom is 0.119 e. The molecule has 21 heavy (non-hydrogen) atoms. The quantitative estimate of drug-likeness (QED) is 0.857. The summed E-state index contributed by atoms with van der Waals surface area (Å²) in [6.45, 7) is 5.55. The van der Waals surface area contributed by atoms with Crippen molar-refractivity contribution in [3.8, 4) is 17.6 Å². The zero-order valence-corrected chi connectivity index (χ0v) is 12.5. The average Bonchev–Trinajstić information content (AvgIpc) is 2.81. The summed E-state index contributed by atoms with van der Waals surface area (Å²) in [6, 6.07) is 7.67. The van der Waals surface area contributed by atoms with Crippen LogP contribution in [0.4, 0.5) is 0 Å². The van der Waals surface area contributed by atoms with Gasteiger partial charge in [0, 0.05) is 17.7 Å². The Kier molecular flexibility index (Phi) is 5.42. The van der Waals surface area contributed by atoms with Crippen molar-refractivity contribution in [1.29, 1.82) is 0 Å². The van der Waals surface area contributed by atoms with Gasteiger partial charge in [0.1, 0.15) is 12.4 Å². The minimum Gasteiger partial charge on any atom is -0.492 e. The van der Waals surface area contributed by atoms with Gasteiger partial charge in [0.2, 0.25) is 0 Å². The standard InChI is InChI=1S/C17H20N2O2/c1-14-15(2)19(13-18-14)10-12-21-17-8-6-16(7-9-17)5-3-4-11-20/h6-9,13,20H,4,10-12H2,1-2H3. The molecule has 1 aromatic heterocycles. The van der Waals surface area contributed by atoms with Crippen molar-refractivity contribution >= 4 is 0 Å². The fraction of sp³-hybridized carbons (Fsp3) is 0.353. The largest absolute Gasteiger partial charge is 0.492 e. The van der Waals surface area contributed by atoms with Gasteiger partial charge >= 0.3 is 0 Å². The lowest BCUT2D eigenvalue weighted by molar-refractivity contribution is 0.297. The number of hydrogen-bond donors (Lipinski definition) is 1. The highest BCUT2D eigenvalue weighted by Crippen LogP contribution is 2.12. The second-order valence-corrected chi connectivity index (χ2v) is 4.76. The molecule has 2 rings (SSSR count). The molecule has 0 atom stereocenters. The number of aryl methyl sites for hydroxylation is 1. The minimum absolute atomic E-state index is 0.0985. The Labute approximate surface area is 125 Å². The number of ether oxygens (including phenoxy) is 1. The third kappa shape index (κ3) is 4.37. The van der Waals surface area contributed by atoms with Crippen LogP contribution in [-0.4, -0.2) is 27.9 Å². The van der Waals surface area contributed by atoms with Crippen LogP contribution in [0.5, 0.6) is 5.75 Å². The number of hydrogen-bond acceptors (Lipinski definition) is 3. The van der Waals surface area contributed by atoms with Crippen LogP contribution < -0.4 is 4.74 Å². The Bertz CT molecular complexity index is 633. The van der Waals surface area contributed by atoms with Crippen LogP contribution in [0.3, 0.4) is 0 Å². The molecule has 0 aliphatic heterocycles. The maximum atomic E-state index is 8.67. The van der Waals surface area contributed by atoms with E-state index in [4.69, 9.17) is 9.84 Å². The summed E-state index contributed by atoms with van der Waals surface area (Å²) in [5.74, 6) is 6.71. The van der Waals surface area contributed by atoms with Crippen LogP contribution in [0.2, 0.25) is 0 Å². The van der Waals surface area contributed by atoms with Gasteiger partial charge in [-0.3, -0.25) is 0 Å². The molecule has 4 nitrogen and oxygen atoms in total. The van der Waals surface area contributed by atoms with Crippen molar-refractivity contribution in [1.82, 2.24) is 9.55 Å². The van der Waals surface area contributed by atoms with Gasteiger partial charge in [0.15, 0.2) is 0 Å². The molecule has 110 valence electrons. The highest BCUT2D eigenvalue weighted by atomic mass is 16.5. The first-order chi connectivity index (χ1) is 10.2. The van der Waals surface area contributed by atoms with Crippen LogP contribution in [0.25, 0.3) is 0 Å². The van der Waals surface area contributed by atoms with Crippen LogP contribution in [0.15, 0.2) is 30.6 Å². The van der Waals surface area contributed by atoms with Crippen molar-refractivity contribution in [3.05, 3.63) is 47.5 Å². The van der Waals surface area contributed by atoms with E-state index in [9.17, 15) is 0 Å².